The Kier molecular flexibility index (Phi) is 9.34. The number of nitrogen functional groups attached to an aromatic ring is 1. The van der Waals surface area contributed by atoms with Gasteiger partial charge in [0.15, 0.2) is 0 Å². The molecule has 0 fully saturated rings. The van der Waals surface area contributed by atoms with Crippen LogP contribution in [0.15, 0.2) is 30.3 Å². The maximum Gasteiger partial charge on any atom is 0.340 e. The summed E-state index contributed by atoms with van der Waals surface area (Å²) in [6.07, 6.45) is 3.23. The molecular formula is C22H30FNO3. The van der Waals surface area contributed by atoms with E-state index in [1.54, 1.807) is 6.07 Å². The van der Waals surface area contributed by atoms with Crippen LogP contribution < -0.4 is 10.5 Å². The van der Waals surface area contributed by atoms with Gasteiger partial charge in [-0.05, 0) is 60.2 Å². The van der Waals surface area contributed by atoms with Gasteiger partial charge in [0.05, 0.1) is 18.4 Å². The summed E-state index contributed by atoms with van der Waals surface area (Å²) in [6.45, 7) is 8.18. The van der Waals surface area contributed by atoms with Crippen molar-refractivity contribution in [2.24, 2.45) is 0 Å². The molecule has 2 aromatic carbocycles. The van der Waals surface area contributed by atoms with Gasteiger partial charge in [0.25, 0.3) is 0 Å². The van der Waals surface area contributed by atoms with Crippen molar-refractivity contribution in [3.63, 3.8) is 0 Å². The number of esters is 1. The number of fused-ring (bicyclic) bond motifs is 1. The molecule has 27 heavy (non-hydrogen) atoms. The molecular weight excluding hydrogens is 345 g/mol. The SMILES string of the molecule is CC.CC.COC(=O)c1ccc(COc2cc3c(cc2N)CCC3)cc1F. The first-order valence-electron chi connectivity index (χ1n) is 9.49. The van der Waals surface area contributed by atoms with Crippen molar-refractivity contribution in [3.8, 4) is 5.75 Å². The predicted molar refractivity (Wildman–Crippen MR) is 108 cm³/mol. The lowest BCUT2D eigenvalue weighted by molar-refractivity contribution is 0.0595. The molecule has 2 N–H and O–H groups in total. The van der Waals surface area contributed by atoms with Gasteiger partial charge < -0.3 is 15.2 Å². The monoisotopic (exact) mass is 375 g/mol. The van der Waals surface area contributed by atoms with E-state index in [0.29, 0.717) is 17.0 Å². The Balaban J connectivity index is 0.000000855. The number of anilines is 1. The van der Waals surface area contributed by atoms with Crippen LogP contribution >= 0.6 is 0 Å². The molecule has 5 heteroatoms. The predicted octanol–water partition coefficient (Wildman–Crippen LogP) is 5.31. The lowest BCUT2D eigenvalue weighted by Gasteiger charge is -2.12. The van der Waals surface area contributed by atoms with E-state index in [1.807, 2.05) is 39.8 Å². The van der Waals surface area contributed by atoms with Crippen LogP contribution in [0.2, 0.25) is 0 Å². The summed E-state index contributed by atoms with van der Waals surface area (Å²) in [7, 11) is 1.22. The van der Waals surface area contributed by atoms with E-state index in [-0.39, 0.29) is 12.2 Å². The molecule has 0 aliphatic heterocycles. The van der Waals surface area contributed by atoms with Crippen LogP contribution in [-0.4, -0.2) is 13.1 Å². The highest BCUT2D eigenvalue weighted by Crippen LogP contribution is 2.32. The molecule has 0 radical (unpaired) electrons. The molecule has 1 aliphatic carbocycles. The Hall–Kier alpha value is -2.56. The third kappa shape index (κ3) is 5.71. The van der Waals surface area contributed by atoms with Gasteiger partial charge in [0, 0.05) is 0 Å². The van der Waals surface area contributed by atoms with Crippen molar-refractivity contribution >= 4 is 11.7 Å². The van der Waals surface area contributed by atoms with Crippen LogP contribution in [0.5, 0.6) is 5.75 Å². The highest BCUT2D eigenvalue weighted by molar-refractivity contribution is 5.89. The Morgan fingerprint density at radius 3 is 2.30 bits per heavy atom. The number of halogens is 1. The summed E-state index contributed by atoms with van der Waals surface area (Å²) in [5.41, 5.74) is 9.68. The van der Waals surface area contributed by atoms with Crippen molar-refractivity contribution in [2.45, 2.75) is 53.6 Å². The summed E-state index contributed by atoms with van der Waals surface area (Å²) >= 11 is 0. The van der Waals surface area contributed by atoms with E-state index in [0.717, 1.165) is 19.3 Å². The van der Waals surface area contributed by atoms with Crippen LogP contribution in [0.3, 0.4) is 0 Å². The molecule has 148 valence electrons. The Bertz CT molecular complexity index is 759. The number of aryl methyl sites for hydroxylation is 2. The van der Waals surface area contributed by atoms with E-state index in [9.17, 15) is 9.18 Å². The molecule has 2 aromatic rings. The molecule has 3 rings (SSSR count). The lowest BCUT2D eigenvalue weighted by atomic mass is 10.1. The number of carbonyl (C=O) groups is 1. The first kappa shape index (κ1) is 22.5. The number of rotatable bonds is 4. The van der Waals surface area contributed by atoms with Gasteiger partial charge in [-0.1, -0.05) is 33.8 Å². The fourth-order valence-electron chi connectivity index (χ4n) is 2.83. The maximum atomic E-state index is 13.9. The van der Waals surface area contributed by atoms with Crippen molar-refractivity contribution in [1.29, 1.82) is 0 Å². The second-order valence-corrected chi connectivity index (χ2v) is 5.61. The molecule has 0 saturated heterocycles. The molecule has 0 saturated carbocycles. The minimum atomic E-state index is -0.696. The standard InChI is InChI=1S/C18H18FNO3.2C2H6/c1-22-18(21)14-6-5-11(7-15(14)19)10-23-17-9-13-4-2-3-12(13)8-16(17)20;2*1-2/h5-9H,2-4,10,20H2,1H3;2*1-2H3. The van der Waals surface area contributed by atoms with Crippen molar-refractivity contribution in [1.82, 2.24) is 0 Å². The first-order chi connectivity index (χ1) is 13.1. The van der Waals surface area contributed by atoms with E-state index < -0.39 is 11.8 Å². The molecule has 0 amide bonds. The Morgan fingerprint density at radius 1 is 1.07 bits per heavy atom. The molecule has 0 spiro atoms. The van der Waals surface area contributed by atoms with Crippen LogP contribution in [-0.2, 0) is 24.2 Å². The average Bonchev–Trinajstić information content (AvgIpc) is 3.16. The Morgan fingerprint density at radius 2 is 1.70 bits per heavy atom. The topological polar surface area (TPSA) is 61.5 Å². The maximum absolute atomic E-state index is 13.9. The van der Waals surface area contributed by atoms with Gasteiger partial charge in [-0.25, -0.2) is 9.18 Å². The van der Waals surface area contributed by atoms with Gasteiger partial charge in [0.2, 0.25) is 0 Å². The van der Waals surface area contributed by atoms with Crippen LogP contribution in [0.1, 0.15) is 61.2 Å². The highest BCUT2D eigenvalue weighted by Gasteiger charge is 2.15. The van der Waals surface area contributed by atoms with Crippen molar-refractivity contribution in [3.05, 3.63) is 58.4 Å². The minimum absolute atomic E-state index is 0.0895. The zero-order valence-electron chi connectivity index (χ0n) is 16.9. The molecule has 1 aliphatic rings. The summed E-state index contributed by atoms with van der Waals surface area (Å²) < 4.78 is 24.1. The van der Waals surface area contributed by atoms with E-state index in [1.165, 1.54) is 30.4 Å². The largest absolute Gasteiger partial charge is 0.487 e. The third-order valence-electron chi connectivity index (χ3n) is 4.06. The van der Waals surface area contributed by atoms with Crippen LogP contribution in [0, 0.1) is 5.82 Å². The first-order valence-corrected chi connectivity index (χ1v) is 9.49. The van der Waals surface area contributed by atoms with Gasteiger partial charge in [-0.3, -0.25) is 0 Å². The normalized spacial score (nSPS) is 11.3. The molecule has 0 bridgehead atoms. The fourth-order valence-corrected chi connectivity index (χ4v) is 2.83. The molecule has 0 heterocycles. The number of hydrogen-bond donors (Lipinski definition) is 1. The summed E-state index contributed by atoms with van der Waals surface area (Å²) in [5.74, 6) is -0.708. The smallest absolute Gasteiger partial charge is 0.340 e. The average molecular weight is 375 g/mol. The van der Waals surface area contributed by atoms with E-state index in [2.05, 4.69) is 4.74 Å². The molecule has 0 aromatic heterocycles. The number of hydrogen-bond acceptors (Lipinski definition) is 4. The lowest BCUT2D eigenvalue weighted by Crippen LogP contribution is -2.06. The fraction of sp³-hybridized carbons (Fsp3) is 0.409. The molecule has 0 unspecified atom stereocenters. The number of nitrogens with two attached hydrogens (primary N) is 1. The zero-order chi connectivity index (χ0) is 20.4. The second kappa shape index (κ2) is 11.2. The zero-order valence-corrected chi connectivity index (χ0v) is 16.9. The van der Waals surface area contributed by atoms with Crippen molar-refractivity contribution < 1.29 is 18.7 Å². The van der Waals surface area contributed by atoms with Gasteiger partial charge in [-0.2, -0.15) is 0 Å². The van der Waals surface area contributed by atoms with Crippen LogP contribution in [0.25, 0.3) is 0 Å². The van der Waals surface area contributed by atoms with Gasteiger partial charge in [-0.15, -0.1) is 0 Å². The summed E-state index contributed by atoms with van der Waals surface area (Å²) in [6, 6.07) is 8.23. The number of benzene rings is 2. The number of carbonyl (C=O) groups excluding carboxylic acids is 1. The summed E-state index contributed by atoms with van der Waals surface area (Å²) in [4.78, 5) is 11.4. The number of methoxy groups -OCH3 is 1. The van der Waals surface area contributed by atoms with Crippen molar-refractivity contribution in [2.75, 3.05) is 12.8 Å². The van der Waals surface area contributed by atoms with Crippen LogP contribution in [0.4, 0.5) is 10.1 Å². The van der Waals surface area contributed by atoms with E-state index in [4.69, 9.17) is 10.5 Å². The quantitative estimate of drug-likeness (QED) is 0.581. The molecule has 0 atom stereocenters. The van der Waals surface area contributed by atoms with Gasteiger partial charge >= 0.3 is 5.97 Å². The van der Waals surface area contributed by atoms with Gasteiger partial charge in [0.1, 0.15) is 18.2 Å². The third-order valence-corrected chi connectivity index (χ3v) is 4.06. The highest BCUT2D eigenvalue weighted by atomic mass is 19.1. The Labute approximate surface area is 161 Å². The number of ether oxygens (including phenoxy) is 2. The summed E-state index contributed by atoms with van der Waals surface area (Å²) in [5, 5.41) is 0. The second-order valence-electron chi connectivity index (χ2n) is 5.61. The minimum Gasteiger partial charge on any atom is -0.487 e. The molecule has 4 nitrogen and oxygen atoms in total. The van der Waals surface area contributed by atoms with E-state index >= 15 is 0 Å².